The Morgan fingerprint density at radius 3 is 2.24 bits per heavy atom. The van der Waals surface area contributed by atoms with Gasteiger partial charge in [-0.1, -0.05) is 12.1 Å². The predicted molar refractivity (Wildman–Crippen MR) is 124 cm³/mol. The van der Waals surface area contributed by atoms with Gasteiger partial charge in [0.15, 0.2) is 5.82 Å². The van der Waals surface area contributed by atoms with Gasteiger partial charge in [-0.3, -0.25) is 4.79 Å². The number of benzene rings is 1. The summed E-state index contributed by atoms with van der Waals surface area (Å²) in [7, 11) is -3.33. The molecule has 2 aliphatic rings. The van der Waals surface area contributed by atoms with Crippen molar-refractivity contribution in [2.45, 2.75) is 31.1 Å². The molecule has 0 atom stereocenters. The van der Waals surface area contributed by atoms with Crippen LogP contribution in [0.25, 0.3) is 0 Å². The van der Waals surface area contributed by atoms with Gasteiger partial charge in [0, 0.05) is 26.2 Å². The fraction of sp³-hybridized carbons (Fsp3) is 0.522. The third-order valence-electron chi connectivity index (χ3n) is 6.85. The van der Waals surface area contributed by atoms with Crippen molar-refractivity contribution in [3.63, 3.8) is 0 Å². The van der Waals surface area contributed by atoms with Crippen molar-refractivity contribution in [1.29, 1.82) is 0 Å². The van der Waals surface area contributed by atoms with Crippen LogP contribution in [-0.4, -0.2) is 72.8 Å². The van der Waals surface area contributed by atoms with Crippen molar-refractivity contribution in [3.8, 4) is 5.75 Å². The van der Waals surface area contributed by atoms with Gasteiger partial charge in [0.25, 0.3) is 0 Å². The van der Waals surface area contributed by atoms with Crippen molar-refractivity contribution >= 4 is 21.9 Å². The first-order valence-electron chi connectivity index (χ1n) is 11.3. The number of carbonyl (C=O) groups is 1. The molecule has 0 aliphatic carbocycles. The van der Waals surface area contributed by atoms with E-state index in [0.717, 1.165) is 32.2 Å². The second-order valence-electron chi connectivity index (χ2n) is 9.02. The minimum absolute atomic E-state index is 0.186. The van der Waals surface area contributed by atoms with Crippen LogP contribution in [0.3, 0.4) is 0 Å². The van der Waals surface area contributed by atoms with Gasteiger partial charge in [-0.05, 0) is 49.3 Å². The Labute approximate surface area is 198 Å². The smallest absolute Gasteiger partial charge is 0.314 e. The van der Waals surface area contributed by atoms with Gasteiger partial charge in [-0.15, -0.1) is 0 Å². The molecule has 2 aliphatic heterocycles. The van der Waals surface area contributed by atoms with Gasteiger partial charge in [0.05, 0.1) is 30.7 Å². The van der Waals surface area contributed by atoms with Gasteiger partial charge in [0.1, 0.15) is 5.75 Å². The third kappa shape index (κ3) is 5.30. The lowest BCUT2D eigenvalue weighted by Gasteiger charge is -2.38. The average Bonchev–Trinajstić information content (AvgIpc) is 2.83. The lowest BCUT2D eigenvalue weighted by molar-refractivity contribution is -0.145. The van der Waals surface area contributed by atoms with Gasteiger partial charge < -0.3 is 14.7 Å². The molecule has 2 fully saturated rings. The van der Waals surface area contributed by atoms with Crippen LogP contribution in [0.4, 0.5) is 10.3 Å². The molecule has 184 valence electrons. The summed E-state index contributed by atoms with van der Waals surface area (Å²) in [5.74, 6) is 0.174. The summed E-state index contributed by atoms with van der Waals surface area (Å²) in [5, 5.41) is 9.96. The number of piperidine rings is 2. The number of anilines is 1. The first-order valence-corrected chi connectivity index (χ1v) is 13.2. The highest BCUT2D eigenvalue weighted by Crippen LogP contribution is 2.37. The molecule has 1 aromatic carbocycles. The van der Waals surface area contributed by atoms with E-state index < -0.39 is 27.2 Å². The second-order valence-corrected chi connectivity index (χ2v) is 11.0. The lowest BCUT2D eigenvalue weighted by atomic mass is 9.73. The van der Waals surface area contributed by atoms with Crippen LogP contribution in [-0.2, 0) is 20.2 Å². The molecular weight excluding hydrogens is 463 g/mol. The maximum absolute atomic E-state index is 13.0. The molecule has 3 heterocycles. The number of carboxylic acids is 1. The summed E-state index contributed by atoms with van der Waals surface area (Å²) in [4.78, 5) is 22.3. The number of halogens is 1. The first-order chi connectivity index (χ1) is 16.2. The Morgan fingerprint density at radius 1 is 1.12 bits per heavy atom. The van der Waals surface area contributed by atoms with Gasteiger partial charge in [-0.25, -0.2) is 27.1 Å². The van der Waals surface area contributed by atoms with Crippen LogP contribution in [0.1, 0.15) is 31.2 Å². The predicted octanol–water partition coefficient (Wildman–Crippen LogP) is 2.29. The molecular formula is C23H29FN4O5S. The summed E-state index contributed by atoms with van der Waals surface area (Å²) < 4.78 is 43.9. The molecule has 1 N–H and O–H groups in total. The van der Waals surface area contributed by atoms with Crippen LogP contribution >= 0.6 is 0 Å². The topological polar surface area (TPSA) is 113 Å². The molecule has 4 rings (SSSR count). The van der Waals surface area contributed by atoms with E-state index in [-0.39, 0.29) is 25.9 Å². The van der Waals surface area contributed by atoms with Crippen molar-refractivity contribution < 1.29 is 27.4 Å². The molecule has 0 unspecified atom stereocenters. The van der Waals surface area contributed by atoms with E-state index in [1.54, 1.807) is 24.3 Å². The van der Waals surface area contributed by atoms with Gasteiger partial charge in [-0.2, -0.15) is 0 Å². The van der Waals surface area contributed by atoms with E-state index in [1.807, 2.05) is 4.90 Å². The van der Waals surface area contributed by atoms with E-state index in [4.69, 9.17) is 4.74 Å². The number of rotatable bonds is 7. The van der Waals surface area contributed by atoms with E-state index in [1.165, 1.54) is 16.7 Å². The van der Waals surface area contributed by atoms with E-state index in [9.17, 15) is 22.7 Å². The van der Waals surface area contributed by atoms with Crippen molar-refractivity contribution in [2.75, 3.05) is 43.9 Å². The largest absolute Gasteiger partial charge is 0.493 e. The number of ether oxygens (including phenoxy) is 1. The summed E-state index contributed by atoms with van der Waals surface area (Å²) in [5.41, 5.74) is -0.442. The Kier molecular flexibility index (Phi) is 7.04. The molecule has 9 nitrogen and oxygen atoms in total. The molecule has 1 aromatic heterocycles. The average molecular weight is 493 g/mol. The van der Waals surface area contributed by atoms with Crippen LogP contribution in [0.5, 0.6) is 5.75 Å². The summed E-state index contributed by atoms with van der Waals surface area (Å²) in [6.45, 7) is 2.45. The number of aliphatic carboxylic acids is 1. The zero-order valence-electron chi connectivity index (χ0n) is 19.1. The number of carboxylic acid groups (broad SMARTS) is 1. The number of hydrogen-bond acceptors (Lipinski definition) is 7. The van der Waals surface area contributed by atoms with Crippen LogP contribution in [0.2, 0.25) is 0 Å². The van der Waals surface area contributed by atoms with E-state index in [0.29, 0.717) is 29.8 Å². The molecule has 0 saturated carbocycles. The Morgan fingerprint density at radius 2 is 1.71 bits per heavy atom. The van der Waals surface area contributed by atoms with Crippen LogP contribution in [0, 0.1) is 11.7 Å². The highest BCUT2D eigenvalue weighted by molar-refractivity contribution is 7.88. The zero-order chi connectivity index (χ0) is 24.3. The van der Waals surface area contributed by atoms with Gasteiger partial charge in [0.2, 0.25) is 16.0 Å². The summed E-state index contributed by atoms with van der Waals surface area (Å²) in [6.07, 6.45) is 5.75. The maximum atomic E-state index is 13.0. The SMILES string of the molecule is CS(=O)(=O)N1CCC(C(=O)O)(c2ccc(OCC3CCN(c4ncc(F)cn4)CC3)cc2)CC1. The van der Waals surface area contributed by atoms with Gasteiger partial charge >= 0.3 is 5.97 Å². The molecule has 0 radical (unpaired) electrons. The fourth-order valence-electron chi connectivity index (χ4n) is 4.68. The highest BCUT2D eigenvalue weighted by atomic mass is 32.2. The van der Waals surface area contributed by atoms with E-state index in [2.05, 4.69) is 9.97 Å². The highest BCUT2D eigenvalue weighted by Gasteiger charge is 2.44. The normalized spacial score (nSPS) is 19.6. The number of nitrogens with zero attached hydrogens (tertiary/aromatic N) is 4. The molecule has 0 amide bonds. The fourth-order valence-corrected chi connectivity index (χ4v) is 5.52. The minimum Gasteiger partial charge on any atom is -0.493 e. The summed E-state index contributed by atoms with van der Waals surface area (Å²) >= 11 is 0. The Bertz CT molecular complexity index is 1100. The lowest BCUT2D eigenvalue weighted by Crippen LogP contribution is -2.48. The number of sulfonamides is 1. The Balaban J connectivity index is 1.31. The zero-order valence-corrected chi connectivity index (χ0v) is 19.9. The number of aromatic nitrogens is 2. The maximum Gasteiger partial charge on any atom is 0.314 e. The molecule has 11 heteroatoms. The summed E-state index contributed by atoms with van der Waals surface area (Å²) in [6, 6.07) is 7.11. The quantitative estimate of drug-likeness (QED) is 0.627. The third-order valence-corrected chi connectivity index (χ3v) is 8.15. The van der Waals surface area contributed by atoms with Crippen LogP contribution in [0.15, 0.2) is 36.7 Å². The van der Waals surface area contributed by atoms with Crippen LogP contribution < -0.4 is 9.64 Å². The minimum atomic E-state index is -3.33. The molecule has 0 spiro atoms. The molecule has 34 heavy (non-hydrogen) atoms. The van der Waals surface area contributed by atoms with Crippen molar-refractivity contribution in [3.05, 3.63) is 48.0 Å². The second kappa shape index (κ2) is 9.83. The standard InChI is InChI=1S/C23H29FN4O5S/c1-34(31,32)28-12-8-23(9-13-28,21(29)30)18-2-4-20(5-3-18)33-16-17-6-10-27(11-7-17)22-25-14-19(24)15-26-22/h2-5,14-15,17H,6-13,16H2,1H3,(H,29,30). The molecule has 0 bridgehead atoms. The van der Waals surface area contributed by atoms with Crippen molar-refractivity contribution in [1.82, 2.24) is 14.3 Å². The Hall–Kier alpha value is -2.79. The molecule has 2 saturated heterocycles. The van der Waals surface area contributed by atoms with Crippen molar-refractivity contribution in [2.24, 2.45) is 5.92 Å². The monoisotopic (exact) mass is 492 g/mol. The molecule has 2 aromatic rings. The first kappa shape index (κ1) is 24.3. The van der Waals surface area contributed by atoms with E-state index >= 15 is 0 Å². The number of hydrogen-bond donors (Lipinski definition) is 1.